The molecule has 0 saturated carbocycles. The van der Waals surface area contributed by atoms with Crippen LogP contribution in [0.15, 0.2) is 18.2 Å². The summed E-state index contributed by atoms with van der Waals surface area (Å²) in [7, 11) is 0. The maximum Gasteiger partial charge on any atom is 0.141 e. The van der Waals surface area contributed by atoms with Gasteiger partial charge in [0.1, 0.15) is 5.78 Å². The lowest BCUT2D eigenvalue weighted by Crippen LogP contribution is -2.19. The van der Waals surface area contributed by atoms with E-state index in [4.69, 9.17) is 0 Å². The molecule has 16 heavy (non-hydrogen) atoms. The minimum Gasteiger partial charge on any atom is -0.316 e. The molecule has 2 rings (SSSR count). The fourth-order valence-electron chi connectivity index (χ4n) is 2.19. The van der Waals surface area contributed by atoms with Gasteiger partial charge < -0.3 is 5.32 Å². The van der Waals surface area contributed by atoms with Crippen molar-refractivity contribution >= 4 is 5.78 Å². The molecule has 1 heterocycles. The molecule has 1 aromatic carbocycles. The van der Waals surface area contributed by atoms with Crippen LogP contribution in [0.3, 0.4) is 0 Å². The minimum atomic E-state index is 0.238. The van der Waals surface area contributed by atoms with Gasteiger partial charge in [-0.1, -0.05) is 18.2 Å². The number of nitrogens with one attached hydrogen (secondary N) is 1. The molecule has 0 bridgehead atoms. The molecule has 1 aromatic rings. The predicted octanol–water partition coefficient (Wildman–Crippen LogP) is 2.02. The molecule has 1 atom stereocenters. The zero-order valence-electron chi connectivity index (χ0n) is 10.0. The Bertz CT molecular complexity index is 392. The van der Waals surface area contributed by atoms with E-state index in [1.165, 1.54) is 11.1 Å². The van der Waals surface area contributed by atoms with Crippen LogP contribution in [0.2, 0.25) is 0 Å². The fraction of sp³-hybridized carbons (Fsp3) is 0.500. The van der Waals surface area contributed by atoms with E-state index in [2.05, 4.69) is 37.4 Å². The van der Waals surface area contributed by atoms with Crippen LogP contribution in [-0.4, -0.2) is 18.9 Å². The van der Waals surface area contributed by atoms with Gasteiger partial charge in [-0.05, 0) is 43.5 Å². The number of Topliss-reactive ketones (excluding diaryl/α,β-unsaturated/α-hetero) is 1. The van der Waals surface area contributed by atoms with Crippen LogP contribution in [-0.2, 0) is 11.2 Å². The molecule has 86 valence electrons. The Hall–Kier alpha value is -1.15. The average Bonchev–Trinajstić information content (AvgIpc) is 2.77. The third-order valence-corrected chi connectivity index (χ3v) is 3.47. The van der Waals surface area contributed by atoms with E-state index in [0.29, 0.717) is 12.2 Å². The highest BCUT2D eigenvalue weighted by molar-refractivity contribution is 5.83. The Morgan fingerprint density at radius 2 is 2.19 bits per heavy atom. The van der Waals surface area contributed by atoms with Gasteiger partial charge in [-0.15, -0.1) is 0 Å². The second-order valence-corrected chi connectivity index (χ2v) is 4.75. The van der Waals surface area contributed by atoms with Gasteiger partial charge in [0.25, 0.3) is 0 Å². The van der Waals surface area contributed by atoms with Crippen molar-refractivity contribution in [1.82, 2.24) is 5.32 Å². The molecular formula is C14H19NO. The molecule has 1 unspecified atom stereocenters. The standard InChI is InChI=1S/C14H19NO/c1-10-3-4-12(7-11(10)2)8-14(16)13-5-6-15-9-13/h3-4,7,13,15H,5-6,8-9H2,1-2H3. The smallest absolute Gasteiger partial charge is 0.141 e. The Kier molecular flexibility index (Phi) is 3.39. The lowest BCUT2D eigenvalue weighted by molar-refractivity contribution is -0.121. The molecular weight excluding hydrogens is 198 g/mol. The summed E-state index contributed by atoms with van der Waals surface area (Å²) >= 11 is 0. The van der Waals surface area contributed by atoms with E-state index in [9.17, 15) is 4.79 Å². The first-order chi connectivity index (χ1) is 7.66. The summed E-state index contributed by atoms with van der Waals surface area (Å²) in [6.07, 6.45) is 1.59. The Morgan fingerprint density at radius 3 is 2.81 bits per heavy atom. The average molecular weight is 217 g/mol. The number of carbonyl (C=O) groups is 1. The number of carbonyl (C=O) groups excluding carboxylic acids is 1. The quantitative estimate of drug-likeness (QED) is 0.839. The highest BCUT2D eigenvalue weighted by Crippen LogP contribution is 2.15. The van der Waals surface area contributed by atoms with E-state index in [-0.39, 0.29) is 5.92 Å². The molecule has 2 heteroatoms. The number of benzene rings is 1. The SMILES string of the molecule is Cc1ccc(CC(=O)C2CCNC2)cc1C. The topological polar surface area (TPSA) is 29.1 Å². The molecule has 0 radical (unpaired) electrons. The first-order valence-electron chi connectivity index (χ1n) is 5.96. The molecule has 1 aliphatic rings. The van der Waals surface area contributed by atoms with Gasteiger partial charge >= 0.3 is 0 Å². The maximum atomic E-state index is 12.0. The maximum absolute atomic E-state index is 12.0. The Balaban J connectivity index is 2.02. The van der Waals surface area contributed by atoms with E-state index >= 15 is 0 Å². The molecule has 0 aromatic heterocycles. The summed E-state index contributed by atoms with van der Waals surface area (Å²) < 4.78 is 0. The molecule has 1 N–H and O–H groups in total. The zero-order valence-corrected chi connectivity index (χ0v) is 10.0. The van der Waals surface area contributed by atoms with Gasteiger partial charge in [0.05, 0.1) is 0 Å². The number of hydrogen-bond donors (Lipinski definition) is 1. The van der Waals surface area contributed by atoms with Crippen LogP contribution >= 0.6 is 0 Å². The summed E-state index contributed by atoms with van der Waals surface area (Å²) in [4.78, 5) is 12.0. The van der Waals surface area contributed by atoms with Crippen molar-refractivity contribution in [2.75, 3.05) is 13.1 Å². The summed E-state index contributed by atoms with van der Waals surface area (Å²) in [6.45, 7) is 6.05. The van der Waals surface area contributed by atoms with Crippen LogP contribution in [0.5, 0.6) is 0 Å². The number of hydrogen-bond acceptors (Lipinski definition) is 2. The first-order valence-corrected chi connectivity index (χ1v) is 5.96. The summed E-state index contributed by atoms with van der Waals surface area (Å²) in [5, 5.41) is 3.24. The van der Waals surface area contributed by atoms with Crippen molar-refractivity contribution < 1.29 is 4.79 Å². The molecule has 0 spiro atoms. The van der Waals surface area contributed by atoms with Gasteiger partial charge in [-0.2, -0.15) is 0 Å². The van der Waals surface area contributed by atoms with Crippen LogP contribution in [0.1, 0.15) is 23.1 Å². The molecule has 0 aliphatic carbocycles. The summed E-state index contributed by atoms with van der Waals surface area (Å²) in [5.41, 5.74) is 3.72. The normalized spacial score (nSPS) is 20.0. The van der Waals surface area contributed by atoms with Gasteiger partial charge in [-0.25, -0.2) is 0 Å². The minimum absolute atomic E-state index is 0.238. The van der Waals surface area contributed by atoms with E-state index in [0.717, 1.165) is 25.1 Å². The van der Waals surface area contributed by atoms with Gasteiger partial charge in [0.2, 0.25) is 0 Å². The second-order valence-electron chi connectivity index (χ2n) is 4.75. The highest BCUT2D eigenvalue weighted by atomic mass is 16.1. The van der Waals surface area contributed by atoms with Gasteiger partial charge in [0.15, 0.2) is 0 Å². The largest absolute Gasteiger partial charge is 0.316 e. The van der Waals surface area contributed by atoms with Crippen LogP contribution in [0.25, 0.3) is 0 Å². The number of rotatable bonds is 3. The summed E-state index contributed by atoms with van der Waals surface area (Å²) in [6, 6.07) is 6.31. The molecule has 1 saturated heterocycles. The molecule has 2 nitrogen and oxygen atoms in total. The summed E-state index contributed by atoms with van der Waals surface area (Å²) in [5.74, 6) is 0.620. The van der Waals surface area contributed by atoms with Gasteiger partial charge in [0, 0.05) is 18.9 Å². The van der Waals surface area contributed by atoms with E-state index < -0.39 is 0 Å². The van der Waals surface area contributed by atoms with Crippen LogP contribution in [0, 0.1) is 19.8 Å². The Labute approximate surface area is 97.1 Å². The van der Waals surface area contributed by atoms with Crippen LogP contribution in [0.4, 0.5) is 0 Å². The first kappa shape index (κ1) is 11.3. The highest BCUT2D eigenvalue weighted by Gasteiger charge is 2.22. The van der Waals surface area contributed by atoms with Crippen molar-refractivity contribution in [3.63, 3.8) is 0 Å². The van der Waals surface area contributed by atoms with Crippen molar-refractivity contribution in [2.45, 2.75) is 26.7 Å². The van der Waals surface area contributed by atoms with Crippen molar-refractivity contribution in [1.29, 1.82) is 0 Å². The van der Waals surface area contributed by atoms with E-state index in [1.54, 1.807) is 0 Å². The van der Waals surface area contributed by atoms with E-state index in [1.807, 2.05) is 0 Å². The third kappa shape index (κ3) is 2.50. The number of aryl methyl sites for hydroxylation is 2. The third-order valence-electron chi connectivity index (χ3n) is 3.47. The Morgan fingerprint density at radius 1 is 1.38 bits per heavy atom. The molecule has 1 fully saturated rings. The van der Waals surface area contributed by atoms with Crippen molar-refractivity contribution in [3.8, 4) is 0 Å². The van der Waals surface area contributed by atoms with Crippen LogP contribution < -0.4 is 5.32 Å². The zero-order chi connectivity index (χ0) is 11.5. The molecule has 0 amide bonds. The van der Waals surface area contributed by atoms with Crippen molar-refractivity contribution in [2.24, 2.45) is 5.92 Å². The predicted molar refractivity (Wildman–Crippen MR) is 65.6 cm³/mol. The number of ketones is 1. The monoisotopic (exact) mass is 217 g/mol. The lowest BCUT2D eigenvalue weighted by atomic mass is 9.95. The molecule has 1 aliphatic heterocycles. The lowest BCUT2D eigenvalue weighted by Gasteiger charge is -2.08. The fourth-order valence-corrected chi connectivity index (χ4v) is 2.19. The second kappa shape index (κ2) is 4.79. The van der Waals surface area contributed by atoms with Crippen molar-refractivity contribution in [3.05, 3.63) is 34.9 Å². The van der Waals surface area contributed by atoms with Gasteiger partial charge in [-0.3, -0.25) is 4.79 Å².